The molecule has 6 heteroatoms. The molecule has 0 radical (unpaired) electrons. The average molecular weight is 213 g/mol. The maximum absolute atomic E-state index is 11.8. The van der Waals surface area contributed by atoms with Crippen LogP contribution in [0.1, 0.15) is 11.3 Å². The Morgan fingerprint density at radius 3 is 3.14 bits per heavy atom. The first-order valence-electron chi connectivity index (χ1n) is 4.21. The second kappa shape index (κ2) is 3.42. The Labute approximate surface area is 84.7 Å². The van der Waals surface area contributed by atoms with Crippen molar-refractivity contribution in [1.29, 1.82) is 0 Å². The summed E-state index contributed by atoms with van der Waals surface area (Å²) in [4.78, 5) is 19.9. The number of rotatable bonds is 2. The summed E-state index contributed by atoms with van der Waals surface area (Å²) >= 11 is 5.60. The molecule has 74 valence electrons. The summed E-state index contributed by atoms with van der Waals surface area (Å²) in [6, 6.07) is 0. The molecule has 0 aliphatic carbocycles. The maximum atomic E-state index is 11.8. The standard InChI is InChI=1S/C8H9ClN4O/c1-5-6(2-3-9)7(14)13-8(12-5)10-4-11-13/h4H,2-3H2,1H3,(H,10,11,12). The molecule has 2 aromatic heterocycles. The molecule has 0 aliphatic heterocycles. The zero-order valence-corrected chi connectivity index (χ0v) is 8.38. The molecule has 0 fully saturated rings. The Hall–Kier alpha value is -1.36. The fourth-order valence-corrected chi connectivity index (χ4v) is 1.57. The van der Waals surface area contributed by atoms with E-state index < -0.39 is 0 Å². The molecule has 0 aliphatic rings. The molecule has 1 N–H and O–H groups in total. The first-order valence-corrected chi connectivity index (χ1v) is 4.75. The van der Waals surface area contributed by atoms with Crippen molar-refractivity contribution in [2.45, 2.75) is 13.3 Å². The van der Waals surface area contributed by atoms with Gasteiger partial charge in [-0.05, 0) is 13.3 Å². The fraction of sp³-hybridized carbons (Fsp3) is 0.375. The van der Waals surface area contributed by atoms with Gasteiger partial charge in [-0.1, -0.05) is 0 Å². The molecule has 0 spiro atoms. The highest BCUT2D eigenvalue weighted by Crippen LogP contribution is 2.02. The minimum absolute atomic E-state index is 0.120. The zero-order chi connectivity index (χ0) is 10.1. The molecule has 0 amide bonds. The topological polar surface area (TPSA) is 63.1 Å². The number of aryl methyl sites for hydroxylation is 1. The van der Waals surface area contributed by atoms with Gasteiger partial charge in [-0.2, -0.15) is 4.52 Å². The van der Waals surface area contributed by atoms with E-state index in [2.05, 4.69) is 15.1 Å². The molecule has 2 heterocycles. The van der Waals surface area contributed by atoms with Gasteiger partial charge >= 0.3 is 0 Å². The van der Waals surface area contributed by atoms with Gasteiger partial charge in [0, 0.05) is 11.4 Å². The molecule has 0 saturated carbocycles. The normalized spacial score (nSPS) is 11.0. The van der Waals surface area contributed by atoms with Crippen molar-refractivity contribution in [3.63, 3.8) is 0 Å². The Balaban J connectivity index is 2.76. The van der Waals surface area contributed by atoms with Crippen LogP contribution < -0.4 is 5.56 Å². The molecule has 2 aromatic rings. The molecule has 0 unspecified atom stereocenters. The molecular weight excluding hydrogens is 204 g/mol. The van der Waals surface area contributed by atoms with Crippen molar-refractivity contribution in [3.05, 3.63) is 27.9 Å². The Bertz CT molecular complexity index is 516. The summed E-state index contributed by atoms with van der Waals surface area (Å²) in [5.74, 6) is 0.809. The summed E-state index contributed by atoms with van der Waals surface area (Å²) in [6.07, 6.45) is 1.97. The van der Waals surface area contributed by atoms with Gasteiger partial charge in [0.2, 0.25) is 0 Å². The Kier molecular flexibility index (Phi) is 2.25. The van der Waals surface area contributed by atoms with Gasteiger partial charge in [0.25, 0.3) is 11.3 Å². The van der Waals surface area contributed by atoms with Gasteiger partial charge in [-0.3, -0.25) is 9.89 Å². The van der Waals surface area contributed by atoms with E-state index in [0.717, 1.165) is 0 Å². The fourth-order valence-electron chi connectivity index (χ4n) is 1.38. The molecule has 0 aromatic carbocycles. The van der Waals surface area contributed by atoms with E-state index in [1.54, 1.807) is 6.92 Å². The monoisotopic (exact) mass is 212 g/mol. The predicted octanol–water partition coefficient (Wildman–Crippen LogP) is 0.507. The van der Waals surface area contributed by atoms with Crippen molar-refractivity contribution < 1.29 is 0 Å². The third-order valence-corrected chi connectivity index (χ3v) is 2.27. The van der Waals surface area contributed by atoms with E-state index in [9.17, 15) is 4.79 Å². The minimum atomic E-state index is -0.120. The number of fused-ring (bicyclic) bond motifs is 1. The van der Waals surface area contributed by atoms with Gasteiger partial charge in [0.15, 0.2) is 0 Å². The smallest absolute Gasteiger partial charge is 0.277 e. The third-order valence-electron chi connectivity index (χ3n) is 2.08. The van der Waals surface area contributed by atoms with Crippen molar-refractivity contribution in [1.82, 2.24) is 19.6 Å². The van der Waals surface area contributed by atoms with Crippen LogP contribution in [0.2, 0.25) is 0 Å². The Morgan fingerprint density at radius 2 is 2.43 bits per heavy atom. The molecule has 2 rings (SSSR count). The van der Waals surface area contributed by atoms with Gasteiger partial charge in [-0.25, -0.2) is 9.97 Å². The summed E-state index contributed by atoms with van der Waals surface area (Å²) in [6.45, 7) is 1.79. The summed E-state index contributed by atoms with van der Waals surface area (Å²) in [5.41, 5.74) is 1.22. The van der Waals surface area contributed by atoms with E-state index in [1.165, 1.54) is 10.8 Å². The molecule has 0 saturated heterocycles. The van der Waals surface area contributed by atoms with Crippen molar-refractivity contribution >= 4 is 17.4 Å². The van der Waals surface area contributed by atoms with E-state index in [4.69, 9.17) is 11.6 Å². The van der Waals surface area contributed by atoms with Crippen molar-refractivity contribution in [3.8, 4) is 0 Å². The first kappa shape index (κ1) is 9.21. The summed E-state index contributed by atoms with van der Waals surface area (Å²) in [5, 5.41) is 2.70. The van der Waals surface area contributed by atoms with Crippen LogP contribution >= 0.6 is 11.6 Å². The number of alkyl halides is 1. The largest absolute Gasteiger partial charge is 0.278 e. The highest BCUT2D eigenvalue weighted by Gasteiger charge is 2.09. The lowest BCUT2D eigenvalue weighted by atomic mass is 10.2. The van der Waals surface area contributed by atoms with Crippen LogP contribution in [0.25, 0.3) is 5.78 Å². The van der Waals surface area contributed by atoms with Crippen molar-refractivity contribution in [2.24, 2.45) is 0 Å². The van der Waals surface area contributed by atoms with E-state index in [-0.39, 0.29) is 5.56 Å². The van der Waals surface area contributed by atoms with Crippen LogP contribution in [-0.4, -0.2) is 25.5 Å². The van der Waals surface area contributed by atoms with Crippen molar-refractivity contribution in [2.75, 3.05) is 5.88 Å². The number of aromatic amines is 1. The molecule has 0 bridgehead atoms. The number of hydrogen-bond donors (Lipinski definition) is 1. The third kappa shape index (κ3) is 1.29. The maximum Gasteiger partial charge on any atom is 0.277 e. The highest BCUT2D eigenvalue weighted by atomic mass is 35.5. The lowest BCUT2D eigenvalue weighted by molar-refractivity contribution is 0.853. The molecule has 14 heavy (non-hydrogen) atoms. The highest BCUT2D eigenvalue weighted by molar-refractivity contribution is 6.17. The molecular formula is C8H9ClN4O. The second-order valence-electron chi connectivity index (χ2n) is 2.94. The number of nitrogens with zero attached hydrogens (tertiary/aromatic N) is 3. The second-order valence-corrected chi connectivity index (χ2v) is 3.32. The van der Waals surface area contributed by atoms with E-state index in [0.29, 0.717) is 29.3 Å². The lowest BCUT2D eigenvalue weighted by Gasteiger charge is -2.01. The Morgan fingerprint density at radius 1 is 1.64 bits per heavy atom. The van der Waals surface area contributed by atoms with Gasteiger partial charge < -0.3 is 0 Å². The van der Waals surface area contributed by atoms with Gasteiger partial charge in [-0.15, -0.1) is 11.6 Å². The van der Waals surface area contributed by atoms with Crippen LogP contribution in [-0.2, 0) is 6.42 Å². The van der Waals surface area contributed by atoms with Crippen LogP contribution in [0.15, 0.2) is 11.1 Å². The summed E-state index contributed by atoms with van der Waals surface area (Å²) in [7, 11) is 0. The van der Waals surface area contributed by atoms with E-state index in [1.807, 2.05) is 0 Å². The lowest BCUT2D eigenvalue weighted by Crippen LogP contribution is -2.22. The number of aromatic nitrogens is 4. The first-order chi connectivity index (χ1) is 6.74. The number of H-pyrrole nitrogens is 1. The van der Waals surface area contributed by atoms with Crippen LogP contribution in [0.5, 0.6) is 0 Å². The van der Waals surface area contributed by atoms with Gasteiger partial charge in [0.05, 0.1) is 5.69 Å². The van der Waals surface area contributed by atoms with E-state index >= 15 is 0 Å². The van der Waals surface area contributed by atoms with Crippen LogP contribution in [0.3, 0.4) is 0 Å². The van der Waals surface area contributed by atoms with Crippen LogP contribution in [0, 0.1) is 6.92 Å². The number of hydrogen-bond acceptors (Lipinski definition) is 3. The molecule has 0 atom stereocenters. The predicted molar refractivity (Wildman–Crippen MR) is 52.8 cm³/mol. The minimum Gasteiger partial charge on any atom is -0.278 e. The average Bonchev–Trinajstić information content (AvgIpc) is 2.60. The van der Waals surface area contributed by atoms with Crippen LogP contribution in [0.4, 0.5) is 0 Å². The number of halogens is 1. The SMILES string of the molecule is Cc1nc2nc[nH]n2c(=O)c1CCCl. The van der Waals surface area contributed by atoms with Gasteiger partial charge in [0.1, 0.15) is 6.33 Å². The zero-order valence-electron chi connectivity index (χ0n) is 7.62. The molecule has 5 nitrogen and oxygen atoms in total. The quantitative estimate of drug-likeness (QED) is 0.738. The number of nitrogens with one attached hydrogen (secondary N) is 1. The summed E-state index contributed by atoms with van der Waals surface area (Å²) < 4.78 is 1.31.